The largest absolute Gasteiger partial charge is 0.392 e. The van der Waals surface area contributed by atoms with Crippen LogP contribution in [-0.2, 0) is 0 Å². The second kappa shape index (κ2) is 6.49. The third kappa shape index (κ3) is 3.76. The van der Waals surface area contributed by atoms with Gasteiger partial charge in [0, 0.05) is 12.6 Å². The highest BCUT2D eigenvalue weighted by molar-refractivity contribution is 4.79. The highest BCUT2D eigenvalue weighted by Gasteiger charge is 2.24. The van der Waals surface area contributed by atoms with Gasteiger partial charge < -0.3 is 5.11 Å². The molecule has 0 aromatic heterocycles. The van der Waals surface area contributed by atoms with Gasteiger partial charge in [0.25, 0.3) is 0 Å². The number of aliphatic hydroxyl groups is 1. The molecular formula is C13H27NO. The third-order valence-electron chi connectivity index (χ3n) is 3.94. The van der Waals surface area contributed by atoms with Crippen LogP contribution in [0.4, 0.5) is 0 Å². The predicted octanol–water partition coefficient (Wildman–Crippen LogP) is 2.66. The molecule has 1 aliphatic heterocycles. The van der Waals surface area contributed by atoms with Crippen molar-refractivity contribution in [1.29, 1.82) is 0 Å². The predicted molar refractivity (Wildman–Crippen MR) is 65.0 cm³/mol. The van der Waals surface area contributed by atoms with E-state index in [0.717, 1.165) is 19.0 Å². The van der Waals surface area contributed by atoms with Gasteiger partial charge in [-0.3, -0.25) is 4.90 Å². The van der Waals surface area contributed by atoms with E-state index in [0.29, 0.717) is 5.92 Å². The van der Waals surface area contributed by atoms with Crippen LogP contribution in [0.5, 0.6) is 0 Å². The fraction of sp³-hybridized carbons (Fsp3) is 1.00. The van der Waals surface area contributed by atoms with Crippen LogP contribution in [0.3, 0.4) is 0 Å². The minimum absolute atomic E-state index is 0.137. The summed E-state index contributed by atoms with van der Waals surface area (Å²) in [5.41, 5.74) is 0. The lowest BCUT2D eigenvalue weighted by Crippen LogP contribution is -2.44. The van der Waals surface area contributed by atoms with Gasteiger partial charge in [0.2, 0.25) is 0 Å². The van der Waals surface area contributed by atoms with E-state index in [1.807, 2.05) is 0 Å². The van der Waals surface area contributed by atoms with E-state index in [2.05, 4.69) is 25.7 Å². The number of piperidine rings is 1. The summed E-state index contributed by atoms with van der Waals surface area (Å²) in [6.45, 7) is 8.63. The number of rotatable bonds is 5. The Morgan fingerprint density at radius 2 is 2.07 bits per heavy atom. The molecule has 0 bridgehead atoms. The number of aliphatic hydroxyl groups excluding tert-OH is 1. The van der Waals surface area contributed by atoms with E-state index >= 15 is 0 Å². The molecule has 1 aliphatic rings. The molecule has 1 heterocycles. The monoisotopic (exact) mass is 213 g/mol. The standard InChI is InChI=1S/C13H27NO/c1-4-11(3)13(15)10-14-9-7-6-8-12(14)5-2/h11-13,15H,4-10H2,1-3H3. The van der Waals surface area contributed by atoms with Crippen molar-refractivity contribution < 1.29 is 5.11 Å². The summed E-state index contributed by atoms with van der Waals surface area (Å²) >= 11 is 0. The molecule has 0 aliphatic carbocycles. The summed E-state index contributed by atoms with van der Waals surface area (Å²) in [7, 11) is 0. The van der Waals surface area contributed by atoms with Crippen LogP contribution >= 0.6 is 0 Å². The maximum atomic E-state index is 10.0. The van der Waals surface area contributed by atoms with Gasteiger partial charge in [0.05, 0.1) is 6.10 Å². The summed E-state index contributed by atoms with van der Waals surface area (Å²) in [6, 6.07) is 0.720. The SMILES string of the molecule is CCC(C)C(O)CN1CCCCC1CC. The first-order chi connectivity index (χ1) is 7.19. The van der Waals surface area contributed by atoms with E-state index in [4.69, 9.17) is 0 Å². The van der Waals surface area contributed by atoms with Crippen molar-refractivity contribution in [2.75, 3.05) is 13.1 Å². The quantitative estimate of drug-likeness (QED) is 0.759. The molecule has 90 valence electrons. The Morgan fingerprint density at radius 1 is 1.33 bits per heavy atom. The summed E-state index contributed by atoms with van der Waals surface area (Å²) in [6.07, 6.45) is 6.17. The number of β-amino-alcohol motifs (C(OH)–C–C–N with tert-alkyl or cyclic N) is 1. The van der Waals surface area contributed by atoms with Crippen LogP contribution in [0, 0.1) is 5.92 Å². The smallest absolute Gasteiger partial charge is 0.0692 e. The molecule has 1 N–H and O–H groups in total. The Morgan fingerprint density at radius 3 is 2.67 bits per heavy atom. The molecule has 0 amide bonds. The minimum atomic E-state index is -0.137. The first-order valence-electron chi connectivity index (χ1n) is 6.61. The Labute approximate surface area is 94.7 Å². The first-order valence-corrected chi connectivity index (χ1v) is 6.61. The molecule has 0 saturated carbocycles. The first kappa shape index (κ1) is 13.0. The van der Waals surface area contributed by atoms with Gasteiger partial charge in [-0.1, -0.05) is 33.6 Å². The van der Waals surface area contributed by atoms with Crippen LogP contribution in [-0.4, -0.2) is 35.2 Å². The van der Waals surface area contributed by atoms with Crippen LogP contribution in [0.2, 0.25) is 0 Å². The van der Waals surface area contributed by atoms with Gasteiger partial charge in [-0.05, 0) is 31.7 Å². The van der Waals surface area contributed by atoms with Gasteiger partial charge >= 0.3 is 0 Å². The van der Waals surface area contributed by atoms with Crippen LogP contribution in [0.1, 0.15) is 52.9 Å². The second-order valence-corrected chi connectivity index (χ2v) is 5.01. The Hall–Kier alpha value is -0.0800. The molecule has 15 heavy (non-hydrogen) atoms. The van der Waals surface area contributed by atoms with Crippen molar-refractivity contribution in [2.24, 2.45) is 5.92 Å². The average molecular weight is 213 g/mol. The molecule has 1 saturated heterocycles. The average Bonchev–Trinajstić information content (AvgIpc) is 2.28. The van der Waals surface area contributed by atoms with Crippen LogP contribution < -0.4 is 0 Å². The highest BCUT2D eigenvalue weighted by atomic mass is 16.3. The molecule has 3 unspecified atom stereocenters. The van der Waals surface area contributed by atoms with Crippen molar-refractivity contribution in [3.05, 3.63) is 0 Å². The zero-order valence-electron chi connectivity index (χ0n) is 10.6. The van der Waals surface area contributed by atoms with Crippen LogP contribution in [0.15, 0.2) is 0 Å². The van der Waals surface area contributed by atoms with Crippen molar-refractivity contribution in [1.82, 2.24) is 4.90 Å². The van der Waals surface area contributed by atoms with Crippen molar-refractivity contribution in [2.45, 2.75) is 65.0 Å². The molecule has 1 fully saturated rings. The number of nitrogens with zero attached hydrogens (tertiary/aromatic N) is 1. The zero-order chi connectivity index (χ0) is 11.3. The number of hydrogen-bond donors (Lipinski definition) is 1. The summed E-state index contributed by atoms with van der Waals surface area (Å²) in [4.78, 5) is 2.50. The molecule has 2 heteroatoms. The molecular weight excluding hydrogens is 186 g/mol. The van der Waals surface area contributed by atoms with E-state index in [-0.39, 0.29) is 6.10 Å². The molecule has 0 spiro atoms. The summed E-state index contributed by atoms with van der Waals surface area (Å²) < 4.78 is 0. The molecule has 0 aromatic carbocycles. The molecule has 0 aromatic rings. The van der Waals surface area contributed by atoms with E-state index in [1.54, 1.807) is 0 Å². The lowest BCUT2D eigenvalue weighted by molar-refractivity contribution is 0.0365. The van der Waals surface area contributed by atoms with Gasteiger partial charge in [-0.2, -0.15) is 0 Å². The Bertz CT molecular complexity index is 172. The normalized spacial score (nSPS) is 27.6. The lowest BCUT2D eigenvalue weighted by atomic mass is 9.96. The van der Waals surface area contributed by atoms with Gasteiger partial charge in [-0.15, -0.1) is 0 Å². The van der Waals surface area contributed by atoms with E-state index in [1.165, 1.54) is 32.2 Å². The van der Waals surface area contributed by atoms with Crippen LogP contribution in [0.25, 0.3) is 0 Å². The fourth-order valence-corrected chi connectivity index (χ4v) is 2.45. The van der Waals surface area contributed by atoms with E-state index in [9.17, 15) is 5.11 Å². The maximum Gasteiger partial charge on any atom is 0.0692 e. The minimum Gasteiger partial charge on any atom is -0.392 e. The van der Waals surface area contributed by atoms with E-state index < -0.39 is 0 Å². The van der Waals surface area contributed by atoms with Gasteiger partial charge in [-0.25, -0.2) is 0 Å². The zero-order valence-corrected chi connectivity index (χ0v) is 10.6. The van der Waals surface area contributed by atoms with Crippen molar-refractivity contribution >= 4 is 0 Å². The van der Waals surface area contributed by atoms with Crippen molar-refractivity contribution in [3.63, 3.8) is 0 Å². The van der Waals surface area contributed by atoms with Gasteiger partial charge in [0.15, 0.2) is 0 Å². The van der Waals surface area contributed by atoms with Crippen molar-refractivity contribution in [3.8, 4) is 0 Å². The summed E-state index contributed by atoms with van der Waals surface area (Å²) in [5, 5.41) is 10.0. The second-order valence-electron chi connectivity index (χ2n) is 5.01. The highest BCUT2D eigenvalue weighted by Crippen LogP contribution is 2.21. The topological polar surface area (TPSA) is 23.5 Å². The maximum absolute atomic E-state index is 10.0. The number of likely N-dealkylation sites (tertiary alicyclic amines) is 1. The molecule has 1 rings (SSSR count). The summed E-state index contributed by atoms with van der Waals surface area (Å²) in [5.74, 6) is 0.435. The molecule has 3 atom stereocenters. The van der Waals surface area contributed by atoms with Gasteiger partial charge in [0.1, 0.15) is 0 Å². The lowest BCUT2D eigenvalue weighted by Gasteiger charge is -2.37. The Balaban J connectivity index is 2.40. The number of hydrogen-bond acceptors (Lipinski definition) is 2. The molecule has 2 nitrogen and oxygen atoms in total. The third-order valence-corrected chi connectivity index (χ3v) is 3.94. The fourth-order valence-electron chi connectivity index (χ4n) is 2.45. The Kier molecular flexibility index (Phi) is 5.62. The molecule has 0 radical (unpaired) electrons.